The van der Waals surface area contributed by atoms with E-state index in [2.05, 4.69) is 47.3 Å². The highest BCUT2D eigenvalue weighted by molar-refractivity contribution is 8.00. The molecule has 1 N–H and O–H groups in total. The van der Waals surface area contributed by atoms with E-state index >= 15 is 0 Å². The summed E-state index contributed by atoms with van der Waals surface area (Å²) in [4.78, 5) is 24.1. The van der Waals surface area contributed by atoms with E-state index in [0.717, 1.165) is 41.2 Å². The van der Waals surface area contributed by atoms with Crippen LogP contribution in [-0.4, -0.2) is 21.6 Å². The highest BCUT2D eigenvalue weighted by atomic mass is 32.2. The minimum Gasteiger partial charge on any atom is -0.325 e. The van der Waals surface area contributed by atoms with Crippen LogP contribution in [0.15, 0.2) is 29.6 Å². The number of amides is 1. The normalized spacial score (nSPS) is 13.1. The van der Waals surface area contributed by atoms with Gasteiger partial charge in [-0.15, -0.1) is 11.3 Å². The second kappa shape index (κ2) is 7.98. The molecule has 1 aromatic carbocycles. The molecular formula is C21H23N3OS2. The molecule has 1 aliphatic carbocycles. The second-order valence-electron chi connectivity index (χ2n) is 6.71. The molecule has 0 atom stereocenters. The van der Waals surface area contributed by atoms with Gasteiger partial charge in [-0.25, -0.2) is 9.97 Å². The summed E-state index contributed by atoms with van der Waals surface area (Å²) >= 11 is 3.30. The predicted molar refractivity (Wildman–Crippen MR) is 114 cm³/mol. The highest BCUT2D eigenvalue weighted by Crippen LogP contribution is 2.40. The smallest absolute Gasteiger partial charge is 0.234 e. The number of nitrogens with zero attached hydrogens (tertiary/aromatic N) is 2. The number of benzene rings is 1. The average Bonchev–Trinajstić information content (AvgIpc) is 3.27. The summed E-state index contributed by atoms with van der Waals surface area (Å²) in [5.74, 6) is 0.382. The summed E-state index contributed by atoms with van der Waals surface area (Å²) in [6.45, 7) is 4.24. The van der Waals surface area contributed by atoms with Gasteiger partial charge in [0.25, 0.3) is 0 Å². The summed E-state index contributed by atoms with van der Waals surface area (Å²) in [7, 11) is 0. The third-order valence-corrected chi connectivity index (χ3v) is 7.26. The van der Waals surface area contributed by atoms with Crippen molar-refractivity contribution in [3.8, 4) is 0 Å². The van der Waals surface area contributed by atoms with Crippen molar-refractivity contribution >= 4 is 44.9 Å². The number of carbonyl (C=O) groups is 1. The third kappa shape index (κ3) is 3.60. The quantitative estimate of drug-likeness (QED) is 0.468. The molecule has 0 unspecified atom stereocenters. The fraction of sp³-hybridized carbons (Fsp3) is 0.381. The zero-order valence-corrected chi connectivity index (χ0v) is 17.3. The van der Waals surface area contributed by atoms with E-state index < -0.39 is 0 Å². The van der Waals surface area contributed by atoms with Crippen LogP contribution in [0.1, 0.15) is 41.8 Å². The Morgan fingerprint density at radius 1 is 1.19 bits per heavy atom. The molecule has 1 amide bonds. The highest BCUT2D eigenvalue weighted by Gasteiger charge is 2.21. The number of thioether (sulfide) groups is 1. The Balaban J connectivity index is 1.52. The van der Waals surface area contributed by atoms with Crippen molar-refractivity contribution in [2.75, 3.05) is 11.1 Å². The molecule has 2 heterocycles. The van der Waals surface area contributed by atoms with Crippen LogP contribution in [0.4, 0.5) is 5.69 Å². The van der Waals surface area contributed by atoms with Crippen LogP contribution in [0, 0.1) is 0 Å². The molecule has 4 rings (SSSR count). The Bertz CT molecular complexity index is 974. The van der Waals surface area contributed by atoms with Gasteiger partial charge in [0.05, 0.1) is 5.75 Å². The number of aromatic nitrogens is 2. The summed E-state index contributed by atoms with van der Waals surface area (Å²) in [6.07, 6.45) is 6.90. The molecule has 27 heavy (non-hydrogen) atoms. The van der Waals surface area contributed by atoms with Crippen LogP contribution in [0.3, 0.4) is 0 Å². The van der Waals surface area contributed by atoms with Gasteiger partial charge in [0.1, 0.15) is 16.2 Å². The van der Waals surface area contributed by atoms with Crippen LogP contribution in [0.5, 0.6) is 0 Å². The number of hydrogen-bond acceptors (Lipinski definition) is 5. The Labute approximate surface area is 167 Å². The monoisotopic (exact) mass is 397 g/mol. The van der Waals surface area contributed by atoms with E-state index in [4.69, 9.17) is 0 Å². The first-order valence-corrected chi connectivity index (χ1v) is 11.3. The number of carbonyl (C=O) groups excluding carboxylic acids is 1. The summed E-state index contributed by atoms with van der Waals surface area (Å²) in [5, 5.41) is 5.26. The topological polar surface area (TPSA) is 54.9 Å². The van der Waals surface area contributed by atoms with Gasteiger partial charge >= 0.3 is 0 Å². The number of rotatable bonds is 6. The summed E-state index contributed by atoms with van der Waals surface area (Å²) in [6, 6.07) is 6.24. The van der Waals surface area contributed by atoms with Gasteiger partial charge in [-0.05, 0) is 48.8 Å². The number of anilines is 1. The first-order chi connectivity index (χ1) is 13.2. The Morgan fingerprint density at radius 3 is 2.70 bits per heavy atom. The van der Waals surface area contributed by atoms with Crippen molar-refractivity contribution in [1.82, 2.24) is 9.97 Å². The summed E-state index contributed by atoms with van der Waals surface area (Å²) in [5.41, 5.74) is 4.76. The van der Waals surface area contributed by atoms with E-state index in [1.807, 2.05) is 0 Å². The van der Waals surface area contributed by atoms with Crippen molar-refractivity contribution in [3.05, 3.63) is 46.1 Å². The van der Waals surface area contributed by atoms with Gasteiger partial charge in [-0.3, -0.25) is 4.79 Å². The molecule has 0 aliphatic heterocycles. The van der Waals surface area contributed by atoms with Crippen molar-refractivity contribution in [1.29, 1.82) is 0 Å². The van der Waals surface area contributed by atoms with E-state index in [9.17, 15) is 4.79 Å². The SMILES string of the molecule is CCc1cccc(CC)c1NC(=O)CSc1ncnc2sc3c(c12)CCC3. The maximum atomic E-state index is 12.7. The van der Waals surface area contributed by atoms with E-state index in [1.54, 1.807) is 17.7 Å². The Kier molecular flexibility index (Phi) is 5.45. The van der Waals surface area contributed by atoms with Crippen LogP contribution in [-0.2, 0) is 30.5 Å². The third-order valence-electron chi connectivity index (χ3n) is 5.07. The minimum atomic E-state index is 0.0224. The van der Waals surface area contributed by atoms with Crippen molar-refractivity contribution in [3.63, 3.8) is 0 Å². The van der Waals surface area contributed by atoms with E-state index in [0.29, 0.717) is 5.75 Å². The molecule has 0 fully saturated rings. The molecule has 3 aromatic rings. The minimum absolute atomic E-state index is 0.0224. The fourth-order valence-electron chi connectivity index (χ4n) is 3.72. The number of fused-ring (bicyclic) bond motifs is 3. The molecule has 0 spiro atoms. The van der Waals surface area contributed by atoms with Crippen LogP contribution < -0.4 is 5.32 Å². The van der Waals surface area contributed by atoms with Crippen LogP contribution in [0.2, 0.25) is 0 Å². The second-order valence-corrected chi connectivity index (χ2v) is 8.76. The molecule has 2 aromatic heterocycles. The molecular weight excluding hydrogens is 374 g/mol. The maximum Gasteiger partial charge on any atom is 0.234 e. The van der Waals surface area contributed by atoms with Crippen molar-refractivity contribution in [2.45, 2.75) is 51.0 Å². The molecule has 6 heteroatoms. The molecule has 0 saturated heterocycles. The number of nitrogens with one attached hydrogen (secondary N) is 1. The molecule has 0 saturated carbocycles. The van der Waals surface area contributed by atoms with E-state index in [1.165, 1.54) is 45.1 Å². The van der Waals surface area contributed by atoms with Crippen molar-refractivity contribution in [2.24, 2.45) is 0 Å². The van der Waals surface area contributed by atoms with Gasteiger partial charge in [-0.1, -0.05) is 43.8 Å². The zero-order valence-electron chi connectivity index (χ0n) is 15.7. The first-order valence-electron chi connectivity index (χ1n) is 9.49. The first kappa shape index (κ1) is 18.4. The fourth-order valence-corrected chi connectivity index (χ4v) is 5.84. The Morgan fingerprint density at radius 2 is 1.96 bits per heavy atom. The molecule has 1 aliphatic rings. The van der Waals surface area contributed by atoms with Crippen molar-refractivity contribution < 1.29 is 4.79 Å². The number of thiophene rings is 1. The zero-order chi connectivity index (χ0) is 18.8. The lowest BCUT2D eigenvalue weighted by molar-refractivity contribution is -0.113. The maximum absolute atomic E-state index is 12.7. The van der Waals surface area contributed by atoms with Gasteiger partial charge in [0.2, 0.25) is 5.91 Å². The van der Waals surface area contributed by atoms with Gasteiger partial charge in [0, 0.05) is 16.0 Å². The molecule has 0 bridgehead atoms. The molecule has 0 radical (unpaired) electrons. The average molecular weight is 398 g/mol. The lowest BCUT2D eigenvalue weighted by Gasteiger charge is -2.14. The largest absolute Gasteiger partial charge is 0.325 e. The lowest BCUT2D eigenvalue weighted by atomic mass is 10.0. The lowest BCUT2D eigenvalue weighted by Crippen LogP contribution is -2.16. The standard InChI is InChI=1S/C21H23N3OS2/c1-3-13-7-5-8-14(4-2)19(13)24-17(25)11-26-20-18-15-9-6-10-16(15)27-21(18)23-12-22-20/h5,7-8,12H,3-4,6,9-11H2,1-2H3,(H,24,25). The van der Waals surface area contributed by atoms with Gasteiger partial charge < -0.3 is 5.32 Å². The Hall–Kier alpha value is -1.92. The molecule has 4 nitrogen and oxygen atoms in total. The van der Waals surface area contributed by atoms with E-state index in [-0.39, 0.29) is 5.91 Å². The summed E-state index contributed by atoms with van der Waals surface area (Å²) < 4.78 is 0. The number of aryl methyl sites for hydroxylation is 4. The van der Waals surface area contributed by atoms with Crippen LogP contribution >= 0.6 is 23.1 Å². The van der Waals surface area contributed by atoms with Gasteiger partial charge in [-0.2, -0.15) is 0 Å². The predicted octanol–water partition coefficient (Wildman–Crippen LogP) is 5.04. The van der Waals surface area contributed by atoms with Gasteiger partial charge in [0.15, 0.2) is 0 Å². The number of para-hydroxylation sites is 1. The molecule has 140 valence electrons. The van der Waals surface area contributed by atoms with Crippen LogP contribution in [0.25, 0.3) is 10.2 Å². The number of hydrogen-bond donors (Lipinski definition) is 1.